The van der Waals surface area contributed by atoms with Gasteiger partial charge in [0.05, 0.1) is 13.2 Å². The van der Waals surface area contributed by atoms with Gasteiger partial charge in [-0.05, 0) is 44.0 Å². The summed E-state index contributed by atoms with van der Waals surface area (Å²) < 4.78 is 21.0. The molecule has 0 bridgehead atoms. The van der Waals surface area contributed by atoms with Gasteiger partial charge < -0.3 is 15.4 Å². The summed E-state index contributed by atoms with van der Waals surface area (Å²) in [4.78, 5) is 4.50. The zero-order valence-electron chi connectivity index (χ0n) is 15.2. The van der Waals surface area contributed by atoms with Gasteiger partial charge in [0, 0.05) is 32.0 Å². The number of halogens is 2. The number of rotatable bonds is 9. The lowest BCUT2D eigenvalue weighted by atomic mass is 10.2. The van der Waals surface area contributed by atoms with Crippen molar-refractivity contribution in [1.82, 2.24) is 20.4 Å². The van der Waals surface area contributed by atoms with Crippen molar-refractivity contribution in [3.8, 4) is 5.75 Å². The third-order valence-corrected chi connectivity index (χ3v) is 3.48. The topological polar surface area (TPSA) is 63.5 Å². The number of benzene rings is 1. The Morgan fingerprint density at radius 1 is 1.31 bits per heavy atom. The van der Waals surface area contributed by atoms with Gasteiger partial charge in [-0.1, -0.05) is 6.07 Å². The van der Waals surface area contributed by atoms with Crippen LogP contribution in [-0.2, 0) is 13.1 Å². The highest BCUT2D eigenvalue weighted by atomic mass is 127. The SMILES string of the molecule is CCNC(=NCc1ccc(OCC)c(F)c1)NCCCn1cccn1.I. The van der Waals surface area contributed by atoms with Crippen molar-refractivity contribution < 1.29 is 9.13 Å². The van der Waals surface area contributed by atoms with Crippen LogP contribution in [0.25, 0.3) is 0 Å². The van der Waals surface area contributed by atoms with Crippen molar-refractivity contribution in [2.75, 3.05) is 19.7 Å². The maximum Gasteiger partial charge on any atom is 0.191 e. The smallest absolute Gasteiger partial charge is 0.191 e. The molecule has 0 atom stereocenters. The molecule has 8 heteroatoms. The first-order valence-corrected chi connectivity index (χ1v) is 8.63. The van der Waals surface area contributed by atoms with E-state index < -0.39 is 0 Å². The lowest BCUT2D eigenvalue weighted by molar-refractivity contribution is 0.321. The Hall–Kier alpha value is -1.84. The molecular weight excluding hydrogens is 448 g/mol. The first kappa shape index (κ1) is 22.2. The molecule has 144 valence electrons. The summed E-state index contributed by atoms with van der Waals surface area (Å²) in [6, 6.07) is 6.86. The van der Waals surface area contributed by atoms with E-state index in [1.807, 2.05) is 36.9 Å². The summed E-state index contributed by atoms with van der Waals surface area (Å²) in [7, 11) is 0. The van der Waals surface area contributed by atoms with Crippen molar-refractivity contribution in [3.05, 3.63) is 48.0 Å². The fourth-order valence-corrected chi connectivity index (χ4v) is 2.31. The van der Waals surface area contributed by atoms with Crippen LogP contribution in [0.3, 0.4) is 0 Å². The average Bonchev–Trinajstić information content (AvgIpc) is 3.12. The minimum Gasteiger partial charge on any atom is -0.491 e. The van der Waals surface area contributed by atoms with Crippen LogP contribution in [0.1, 0.15) is 25.8 Å². The van der Waals surface area contributed by atoms with E-state index in [1.54, 1.807) is 12.3 Å². The van der Waals surface area contributed by atoms with E-state index in [0.29, 0.717) is 13.2 Å². The van der Waals surface area contributed by atoms with Crippen LogP contribution in [0.5, 0.6) is 5.75 Å². The standard InChI is InChI=1S/C18H26FN5O.HI/c1-3-20-18(21-9-5-11-24-12-6-10-23-24)22-14-15-7-8-17(25-4-2)16(19)13-15;/h6-8,10,12-13H,3-5,9,11,14H2,1-2H3,(H2,20,21,22);1H. The summed E-state index contributed by atoms with van der Waals surface area (Å²) in [5.41, 5.74) is 0.801. The average molecular weight is 475 g/mol. The highest BCUT2D eigenvalue weighted by Crippen LogP contribution is 2.18. The normalized spacial score (nSPS) is 11.0. The molecule has 1 heterocycles. The molecule has 0 aliphatic carbocycles. The van der Waals surface area contributed by atoms with E-state index in [-0.39, 0.29) is 35.5 Å². The quantitative estimate of drug-likeness (QED) is 0.253. The minimum atomic E-state index is -0.355. The van der Waals surface area contributed by atoms with Crippen molar-refractivity contribution >= 4 is 29.9 Å². The minimum absolute atomic E-state index is 0. The van der Waals surface area contributed by atoms with Crippen LogP contribution in [0.2, 0.25) is 0 Å². The van der Waals surface area contributed by atoms with Gasteiger partial charge in [0.2, 0.25) is 0 Å². The number of aryl methyl sites for hydroxylation is 1. The monoisotopic (exact) mass is 475 g/mol. The molecule has 2 aromatic rings. The van der Waals surface area contributed by atoms with E-state index in [4.69, 9.17) is 4.74 Å². The Kier molecular flexibility index (Phi) is 10.7. The number of nitrogens with zero attached hydrogens (tertiary/aromatic N) is 3. The second-order valence-electron chi connectivity index (χ2n) is 5.44. The van der Waals surface area contributed by atoms with Crippen LogP contribution in [0.4, 0.5) is 4.39 Å². The Morgan fingerprint density at radius 3 is 2.81 bits per heavy atom. The lowest BCUT2D eigenvalue weighted by Crippen LogP contribution is -2.38. The molecule has 0 fully saturated rings. The van der Waals surface area contributed by atoms with E-state index in [2.05, 4.69) is 20.7 Å². The summed E-state index contributed by atoms with van der Waals surface area (Å²) in [5.74, 6) is 0.642. The number of hydrogen-bond donors (Lipinski definition) is 2. The second kappa shape index (κ2) is 12.5. The first-order valence-electron chi connectivity index (χ1n) is 8.63. The van der Waals surface area contributed by atoms with Gasteiger partial charge in [0.1, 0.15) is 0 Å². The predicted molar refractivity (Wildman–Crippen MR) is 113 cm³/mol. The van der Waals surface area contributed by atoms with Gasteiger partial charge in [-0.2, -0.15) is 5.10 Å². The molecule has 0 unspecified atom stereocenters. The molecule has 0 spiro atoms. The molecule has 6 nitrogen and oxygen atoms in total. The number of ether oxygens (including phenoxy) is 1. The van der Waals surface area contributed by atoms with Gasteiger partial charge in [-0.3, -0.25) is 4.68 Å². The molecule has 2 rings (SSSR count). The van der Waals surface area contributed by atoms with Crippen LogP contribution >= 0.6 is 24.0 Å². The highest BCUT2D eigenvalue weighted by Gasteiger charge is 2.04. The summed E-state index contributed by atoms with van der Waals surface area (Å²) in [6.07, 6.45) is 4.65. The molecule has 0 amide bonds. The molecule has 1 aromatic carbocycles. The van der Waals surface area contributed by atoms with Crippen LogP contribution < -0.4 is 15.4 Å². The van der Waals surface area contributed by atoms with Gasteiger partial charge in [-0.25, -0.2) is 9.38 Å². The van der Waals surface area contributed by atoms with E-state index in [0.717, 1.165) is 37.6 Å². The first-order chi connectivity index (χ1) is 12.2. The number of aromatic nitrogens is 2. The lowest BCUT2D eigenvalue weighted by Gasteiger charge is -2.11. The van der Waals surface area contributed by atoms with Crippen molar-refractivity contribution in [1.29, 1.82) is 0 Å². The largest absolute Gasteiger partial charge is 0.491 e. The fraction of sp³-hybridized carbons (Fsp3) is 0.444. The molecule has 0 saturated carbocycles. The number of guanidine groups is 1. The molecule has 1 aromatic heterocycles. The molecular formula is C18H27FIN5O. The Bertz CT molecular complexity index is 664. The van der Waals surface area contributed by atoms with Crippen molar-refractivity contribution in [2.24, 2.45) is 4.99 Å². The van der Waals surface area contributed by atoms with Crippen molar-refractivity contribution in [2.45, 2.75) is 33.4 Å². The molecule has 2 N–H and O–H groups in total. The fourth-order valence-electron chi connectivity index (χ4n) is 2.31. The predicted octanol–water partition coefficient (Wildman–Crippen LogP) is 3.18. The number of nitrogens with one attached hydrogen (secondary N) is 2. The summed E-state index contributed by atoms with van der Waals surface area (Å²) >= 11 is 0. The van der Waals surface area contributed by atoms with Gasteiger partial charge >= 0.3 is 0 Å². The van der Waals surface area contributed by atoms with Crippen LogP contribution in [-0.4, -0.2) is 35.4 Å². The number of aliphatic imine (C=N–C) groups is 1. The molecule has 0 aliphatic rings. The third kappa shape index (κ3) is 7.59. The van der Waals surface area contributed by atoms with E-state index >= 15 is 0 Å². The third-order valence-electron chi connectivity index (χ3n) is 3.48. The molecule has 0 aliphatic heterocycles. The van der Waals surface area contributed by atoms with E-state index in [9.17, 15) is 4.39 Å². The van der Waals surface area contributed by atoms with Gasteiger partial charge in [0.25, 0.3) is 0 Å². The van der Waals surface area contributed by atoms with Gasteiger partial charge in [0.15, 0.2) is 17.5 Å². The Balaban J connectivity index is 0.00000338. The summed E-state index contributed by atoms with van der Waals surface area (Å²) in [5, 5.41) is 10.6. The zero-order valence-corrected chi connectivity index (χ0v) is 17.6. The Morgan fingerprint density at radius 2 is 2.15 bits per heavy atom. The second-order valence-corrected chi connectivity index (χ2v) is 5.44. The van der Waals surface area contributed by atoms with Crippen LogP contribution in [0, 0.1) is 5.82 Å². The maximum atomic E-state index is 13.9. The van der Waals surface area contributed by atoms with E-state index in [1.165, 1.54) is 6.07 Å². The van der Waals surface area contributed by atoms with Gasteiger partial charge in [-0.15, -0.1) is 24.0 Å². The highest BCUT2D eigenvalue weighted by molar-refractivity contribution is 14.0. The molecule has 0 saturated heterocycles. The zero-order chi connectivity index (χ0) is 17.9. The summed E-state index contributed by atoms with van der Waals surface area (Å²) in [6.45, 7) is 7.09. The maximum absolute atomic E-state index is 13.9. The number of hydrogen-bond acceptors (Lipinski definition) is 3. The molecule has 26 heavy (non-hydrogen) atoms. The Labute approximate surface area is 171 Å². The van der Waals surface area contributed by atoms with Crippen molar-refractivity contribution in [3.63, 3.8) is 0 Å². The van der Waals surface area contributed by atoms with Crippen LogP contribution in [0.15, 0.2) is 41.7 Å². The molecule has 0 radical (unpaired) electrons.